The Bertz CT molecular complexity index is 870. The standard InChI is InChI=1S/C22H31N3O4S.U/c1-16-15-30-21(22(27)29-5)20(16)24-19(26)13-25(2,3)11-10-23-12-17-8-6-7-9-18(17)14-28-4;/h6-10,15,23H,11-14H2,1-5H3,(H,24,26);. The van der Waals surface area contributed by atoms with E-state index >= 15 is 0 Å². The van der Waals surface area contributed by atoms with Crippen LogP contribution in [0.15, 0.2) is 29.6 Å². The minimum Gasteiger partial charge on any atom is -0.465 e. The Kier molecular flexibility index (Phi) is 12.0. The first-order valence-electron chi connectivity index (χ1n) is 9.66. The van der Waals surface area contributed by atoms with Gasteiger partial charge in [-0.05, 0) is 42.1 Å². The Morgan fingerprint density at radius 3 is 2.48 bits per heavy atom. The molecule has 0 bridgehead atoms. The Morgan fingerprint density at radius 1 is 1.16 bits per heavy atom. The van der Waals surface area contributed by atoms with E-state index in [-0.39, 0.29) is 43.6 Å². The molecule has 0 saturated carbocycles. The summed E-state index contributed by atoms with van der Waals surface area (Å²) >= 11 is 1.27. The number of methoxy groups -OCH3 is 2. The van der Waals surface area contributed by atoms with E-state index in [4.69, 9.17) is 9.47 Å². The zero-order valence-corrected chi connectivity index (χ0v) is 23.8. The van der Waals surface area contributed by atoms with Gasteiger partial charge in [-0.3, -0.25) is 4.79 Å². The molecule has 7 nitrogen and oxygen atoms in total. The molecule has 1 heterocycles. The first kappa shape index (κ1) is 27.8. The number of carbonyl (C=O) groups excluding carboxylic acids is 2. The number of aryl methyl sites for hydroxylation is 1. The van der Waals surface area contributed by atoms with Gasteiger partial charge in [0.25, 0.3) is 5.91 Å². The summed E-state index contributed by atoms with van der Waals surface area (Å²) in [5, 5.41) is 8.04. The van der Waals surface area contributed by atoms with Crippen LogP contribution < -0.4 is 10.6 Å². The topological polar surface area (TPSA) is 76.7 Å². The normalized spacial score (nSPS) is 11.0. The molecule has 0 fully saturated rings. The molecule has 31 heavy (non-hydrogen) atoms. The molecule has 168 valence electrons. The van der Waals surface area contributed by atoms with Crippen LogP contribution in [0.2, 0.25) is 0 Å². The van der Waals surface area contributed by atoms with Crippen molar-refractivity contribution in [2.75, 3.05) is 46.7 Å². The van der Waals surface area contributed by atoms with Gasteiger partial charge in [-0.1, -0.05) is 24.3 Å². The van der Waals surface area contributed by atoms with Gasteiger partial charge in [0.15, 0.2) is 6.54 Å². The van der Waals surface area contributed by atoms with Gasteiger partial charge in [-0.25, -0.2) is 11.3 Å². The predicted octanol–water partition coefficient (Wildman–Crippen LogP) is 2.96. The average Bonchev–Trinajstić information content (AvgIpc) is 3.06. The van der Waals surface area contributed by atoms with Crippen molar-refractivity contribution in [3.05, 3.63) is 57.8 Å². The largest absolute Gasteiger partial charge is 0.465 e. The number of benzene rings is 1. The average molecular weight is 672 g/mol. The second-order valence-electron chi connectivity index (χ2n) is 7.73. The number of hydrogen-bond acceptors (Lipinski definition) is 6. The van der Waals surface area contributed by atoms with Gasteiger partial charge in [0.2, 0.25) is 0 Å². The van der Waals surface area contributed by atoms with Gasteiger partial charge >= 0.3 is 5.97 Å². The van der Waals surface area contributed by atoms with E-state index in [0.29, 0.717) is 34.7 Å². The Morgan fingerprint density at radius 2 is 1.84 bits per heavy atom. The number of ether oxygens (including phenoxy) is 2. The molecule has 1 aromatic heterocycles. The summed E-state index contributed by atoms with van der Waals surface area (Å²) in [5.41, 5.74) is 3.72. The van der Waals surface area contributed by atoms with Crippen molar-refractivity contribution in [1.82, 2.24) is 5.32 Å². The van der Waals surface area contributed by atoms with E-state index in [1.807, 2.05) is 45.1 Å². The van der Waals surface area contributed by atoms with Gasteiger partial charge in [0.1, 0.15) is 4.88 Å². The maximum absolute atomic E-state index is 12.6. The smallest absolute Gasteiger partial charge is 0.350 e. The molecule has 9 heteroatoms. The summed E-state index contributed by atoms with van der Waals surface area (Å²) < 4.78 is 10.5. The molecule has 0 saturated heterocycles. The summed E-state index contributed by atoms with van der Waals surface area (Å²) in [7, 11) is 6.99. The fraction of sp³-hybridized carbons (Fsp3) is 0.409. The third-order valence-electron chi connectivity index (χ3n) is 4.62. The summed E-state index contributed by atoms with van der Waals surface area (Å²) in [6, 6.07) is 8.14. The van der Waals surface area contributed by atoms with Crippen molar-refractivity contribution >= 4 is 28.9 Å². The molecular formula is C22H31N3O4SU. The van der Waals surface area contributed by atoms with Crippen molar-refractivity contribution in [3.8, 4) is 0 Å². The number of amides is 1. The first-order valence-corrected chi connectivity index (χ1v) is 10.5. The van der Waals surface area contributed by atoms with Crippen LogP contribution in [0.4, 0.5) is 5.69 Å². The Hall–Kier alpha value is -1.21. The van der Waals surface area contributed by atoms with Crippen LogP contribution in [0.25, 0.3) is 0 Å². The van der Waals surface area contributed by atoms with Crippen LogP contribution in [-0.2, 0) is 27.4 Å². The van der Waals surface area contributed by atoms with E-state index in [9.17, 15) is 9.59 Å². The quantitative estimate of drug-likeness (QED) is 0.167. The van der Waals surface area contributed by atoms with Crippen molar-refractivity contribution in [2.24, 2.45) is 0 Å². The van der Waals surface area contributed by atoms with Gasteiger partial charge in [0.05, 0.1) is 33.5 Å². The van der Waals surface area contributed by atoms with Crippen LogP contribution in [-0.4, -0.2) is 57.8 Å². The van der Waals surface area contributed by atoms with Crippen LogP contribution in [0.5, 0.6) is 0 Å². The van der Waals surface area contributed by atoms with E-state index < -0.39 is 5.97 Å². The van der Waals surface area contributed by atoms with Crippen molar-refractivity contribution in [2.45, 2.75) is 20.1 Å². The maximum Gasteiger partial charge on any atom is 0.350 e. The summed E-state index contributed by atoms with van der Waals surface area (Å²) in [6.07, 6.45) is 0. The molecular weight excluding hydrogens is 640 g/mol. The molecule has 1 amide bonds. The summed E-state index contributed by atoms with van der Waals surface area (Å²) in [6.45, 7) is 6.04. The molecule has 0 spiro atoms. The monoisotopic (exact) mass is 671 g/mol. The van der Waals surface area contributed by atoms with E-state index in [1.54, 1.807) is 7.11 Å². The molecule has 0 aliphatic heterocycles. The van der Waals surface area contributed by atoms with Crippen molar-refractivity contribution in [3.63, 3.8) is 0 Å². The van der Waals surface area contributed by atoms with Crippen LogP contribution >= 0.6 is 11.3 Å². The van der Waals surface area contributed by atoms with Gasteiger partial charge < -0.3 is 24.6 Å². The van der Waals surface area contributed by atoms with Gasteiger partial charge in [-0.15, -0.1) is 11.3 Å². The van der Waals surface area contributed by atoms with Gasteiger partial charge in [-0.2, -0.15) is 0 Å². The second kappa shape index (κ2) is 13.4. The van der Waals surface area contributed by atoms with Crippen molar-refractivity contribution in [1.29, 1.82) is 0 Å². The molecule has 2 rings (SSSR count). The zero-order valence-electron chi connectivity index (χ0n) is 18.8. The molecule has 0 aliphatic carbocycles. The zero-order chi connectivity index (χ0) is 22.1. The fourth-order valence-corrected chi connectivity index (χ4v) is 3.92. The molecule has 0 atom stereocenters. The molecule has 1 aromatic carbocycles. The number of hydrogen-bond donors (Lipinski definition) is 2. The summed E-state index contributed by atoms with van der Waals surface area (Å²) in [4.78, 5) is 24.9. The van der Waals surface area contributed by atoms with E-state index in [0.717, 1.165) is 11.1 Å². The molecule has 2 N–H and O–H groups in total. The number of nitrogens with zero attached hydrogens (tertiary/aromatic N) is 1. The van der Waals surface area contributed by atoms with E-state index in [1.165, 1.54) is 24.0 Å². The van der Waals surface area contributed by atoms with E-state index in [2.05, 4.69) is 22.8 Å². The fourth-order valence-electron chi connectivity index (χ4n) is 2.99. The minimum atomic E-state index is -0.441. The molecule has 0 aliphatic rings. The molecule has 2 aromatic rings. The number of quaternary nitrogens is 1. The Labute approximate surface area is 212 Å². The van der Waals surface area contributed by atoms with Crippen LogP contribution in [0, 0.1) is 44.6 Å². The van der Waals surface area contributed by atoms with Crippen LogP contribution in [0.1, 0.15) is 26.4 Å². The van der Waals surface area contributed by atoms with Crippen molar-refractivity contribution < 1.29 is 54.7 Å². The number of nitrogens with one attached hydrogen (secondary N) is 2. The second-order valence-corrected chi connectivity index (χ2v) is 8.61. The Balaban J connectivity index is 0.00000480. The first-order chi connectivity index (χ1) is 14.3. The SMILES string of the molecule is COCc1ccccc1CN[CH-]C[N+](C)(C)CC(=O)Nc1c(C)csc1C(=O)OC.[U]. The number of thiophene rings is 1. The summed E-state index contributed by atoms with van der Waals surface area (Å²) in [5.74, 6) is -0.589. The number of anilines is 1. The number of carbonyl (C=O) groups is 2. The minimum absolute atomic E-state index is 0. The number of esters is 1. The molecule has 0 unspecified atom stereocenters. The predicted molar refractivity (Wildman–Crippen MR) is 119 cm³/mol. The molecule has 0 radical (unpaired) electrons. The number of likely N-dealkylation sites (N-methyl/N-ethyl adjacent to an activating group) is 1. The van der Waals surface area contributed by atoms with Crippen LogP contribution in [0.3, 0.4) is 0 Å². The third-order valence-corrected chi connectivity index (χ3v) is 5.70. The van der Waals surface area contributed by atoms with Gasteiger partial charge in [0, 0.05) is 38.2 Å². The third kappa shape index (κ3) is 8.68. The number of rotatable bonds is 11. The maximum atomic E-state index is 12.6.